The summed E-state index contributed by atoms with van der Waals surface area (Å²) < 4.78 is 14.0. The molecule has 1 aliphatic carbocycles. The van der Waals surface area contributed by atoms with Crippen LogP contribution in [0.3, 0.4) is 0 Å². The van der Waals surface area contributed by atoms with Gasteiger partial charge in [-0.2, -0.15) is 0 Å². The summed E-state index contributed by atoms with van der Waals surface area (Å²) in [6.07, 6.45) is 5.00. The maximum atomic E-state index is 14.0. The summed E-state index contributed by atoms with van der Waals surface area (Å²) in [7, 11) is 0. The van der Waals surface area contributed by atoms with E-state index in [9.17, 15) is 28.8 Å². The molecule has 1 aromatic carbocycles. The van der Waals surface area contributed by atoms with Crippen molar-refractivity contribution in [3.63, 3.8) is 0 Å². The van der Waals surface area contributed by atoms with E-state index in [0.29, 0.717) is 19.4 Å². The Morgan fingerprint density at radius 3 is 2.54 bits per heavy atom. The number of oxime groups is 1. The zero-order chi connectivity index (χ0) is 25.5. The van der Waals surface area contributed by atoms with Crippen molar-refractivity contribution in [2.75, 3.05) is 6.54 Å². The van der Waals surface area contributed by atoms with Gasteiger partial charge in [0.1, 0.15) is 11.9 Å². The Bertz CT molecular complexity index is 1060. The van der Waals surface area contributed by atoms with Gasteiger partial charge in [-0.05, 0) is 43.4 Å². The highest BCUT2D eigenvalue weighted by Crippen LogP contribution is 2.33. The molecule has 1 aromatic rings. The molecule has 3 atom stereocenters. The van der Waals surface area contributed by atoms with Crippen molar-refractivity contribution in [2.24, 2.45) is 22.7 Å². The van der Waals surface area contributed by atoms with Gasteiger partial charge in [0, 0.05) is 29.1 Å². The van der Waals surface area contributed by atoms with Crippen molar-refractivity contribution in [3.8, 4) is 0 Å². The lowest BCUT2D eigenvalue weighted by Gasteiger charge is -2.24. The third-order valence-electron chi connectivity index (χ3n) is 5.97. The van der Waals surface area contributed by atoms with Crippen molar-refractivity contribution in [3.05, 3.63) is 40.7 Å². The lowest BCUT2D eigenvalue weighted by molar-refractivity contribution is -0.128. The molecule has 1 unspecified atom stereocenters. The number of hydrogen-bond donors (Lipinski definition) is 5. The molecule has 4 amide bonds. The molecular weight excluding hydrogens is 481 g/mol. The summed E-state index contributed by atoms with van der Waals surface area (Å²) in [5.74, 6) is -3.41. The molecule has 0 radical (unpaired) electrons. The van der Waals surface area contributed by atoms with Gasteiger partial charge in [0.2, 0.25) is 17.7 Å². The first kappa shape index (κ1) is 26.1. The predicted molar refractivity (Wildman–Crippen MR) is 126 cm³/mol. The zero-order valence-corrected chi connectivity index (χ0v) is 19.6. The highest BCUT2D eigenvalue weighted by molar-refractivity contribution is 6.40. The van der Waals surface area contributed by atoms with Crippen LogP contribution in [0.2, 0.25) is 5.02 Å². The summed E-state index contributed by atoms with van der Waals surface area (Å²) in [6.45, 7) is 0.452. The summed E-state index contributed by atoms with van der Waals surface area (Å²) in [4.78, 5) is 49.4. The molecule has 35 heavy (non-hydrogen) atoms. The number of carbonyl (C=O) groups is 4. The van der Waals surface area contributed by atoms with Crippen LogP contribution >= 0.6 is 11.6 Å². The fourth-order valence-electron chi connectivity index (χ4n) is 3.90. The van der Waals surface area contributed by atoms with E-state index < -0.39 is 47.3 Å². The van der Waals surface area contributed by atoms with Gasteiger partial charge in [0.25, 0.3) is 5.91 Å². The summed E-state index contributed by atoms with van der Waals surface area (Å²) in [6, 6.07) is 1.92. The van der Waals surface area contributed by atoms with E-state index in [4.69, 9.17) is 17.3 Å². The average molecular weight is 508 g/mol. The van der Waals surface area contributed by atoms with Crippen LogP contribution in [0, 0.1) is 17.7 Å². The van der Waals surface area contributed by atoms with Gasteiger partial charge >= 0.3 is 0 Å². The van der Waals surface area contributed by atoms with Crippen molar-refractivity contribution in [2.45, 2.75) is 44.2 Å². The number of primary amides is 1. The first-order chi connectivity index (χ1) is 16.7. The molecule has 0 bridgehead atoms. The number of amides is 4. The maximum Gasteiger partial charge on any atom is 0.268 e. The van der Waals surface area contributed by atoms with Gasteiger partial charge in [-0.3, -0.25) is 19.2 Å². The summed E-state index contributed by atoms with van der Waals surface area (Å²) >= 11 is 5.73. The van der Waals surface area contributed by atoms with E-state index >= 15 is 0 Å². The number of benzene rings is 1. The van der Waals surface area contributed by atoms with E-state index in [-0.39, 0.29) is 28.8 Å². The van der Waals surface area contributed by atoms with Crippen molar-refractivity contribution in [1.29, 1.82) is 0 Å². The van der Waals surface area contributed by atoms with Gasteiger partial charge in [-0.25, -0.2) is 4.39 Å². The summed E-state index contributed by atoms with van der Waals surface area (Å²) in [5.41, 5.74) is 4.95. The monoisotopic (exact) mass is 507 g/mol. The molecule has 1 saturated carbocycles. The summed E-state index contributed by atoms with van der Waals surface area (Å²) in [5, 5.41) is 20.3. The van der Waals surface area contributed by atoms with Gasteiger partial charge < -0.3 is 26.9 Å². The lowest BCUT2D eigenvalue weighted by Crippen LogP contribution is -2.54. The third kappa shape index (κ3) is 7.51. The average Bonchev–Trinajstić information content (AvgIpc) is 3.52. The van der Waals surface area contributed by atoms with Crippen LogP contribution in [0.25, 0.3) is 6.08 Å². The fourth-order valence-corrected chi connectivity index (χ4v) is 4.06. The molecule has 2 aliphatic rings. The lowest BCUT2D eigenvalue weighted by atomic mass is 9.94. The highest BCUT2D eigenvalue weighted by Gasteiger charge is 2.35. The second kappa shape index (κ2) is 11.8. The van der Waals surface area contributed by atoms with Crippen molar-refractivity contribution in [1.82, 2.24) is 16.0 Å². The topological polar surface area (TPSA) is 163 Å². The second-order valence-electron chi connectivity index (χ2n) is 8.66. The van der Waals surface area contributed by atoms with Crippen LogP contribution in [-0.4, -0.2) is 53.2 Å². The molecule has 0 spiro atoms. The standard InChI is InChI=1S/C23H27ClFN5O5/c24-15-5-3-13(16(25)11-15)4-6-19(31)28-18(9-12-1-2-12)23(34)29-17(20(30-35)21(26)32)10-14-7-8-27-22(14)33/h3-6,11-12,14,17-18,35H,1-2,7-10H2,(H2,26,32)(H,27,33)(H,28,31)(H,29,34)/b6-4+,30-20?/t14-,17?,18-/m0/s1. The second-order valence-corrected chi connectivity index (χ2v) is 9.10. The van der Waals surface area contributed by atoms with Crippen LogP contribution in [0.5, 0.6) is 0 Å². The molecule has 6 N–H and O–H groups in total. The Labute approximate surface area is 206 Å². The Kier molecular flexibility index (Phi) is 8.80. The van der Waals surface area contributed by atoms with Crippen LogP contribution in [0.15, 0.2) is 29.4 Å². The molecule has 0 aromatic heterocycles. The Morgan fingerprint density at radius 2 is 1.97 bits per heavy atom. The molecule has 12 heteroatoms. The minimum atomic E-state index is -1.13. The van der Waals surface area contributed by atoms with Gasteiger partial charge in [-0.1, -0.05) is 35.7 Å². The van der Waals surface area contributed by atoms with Gasteiger partial charge in [0.05, 0.1) is 6.04 Å². The number of rotatable bonds is 11. The van der Waals surface area contributed by atoms with Crippen LogP contribution in [0.4, 0.5) is 4.39 Å². The van der Waals surface area contributed by atoms with E-state index in [0.717, 1.165) is 25.0 Å². The molecule has 10 nitrogen and oxygen atoms in total. The Hall–Kier alpha value is -3.47. The SMILES string of the molecule is NC(=O)C(=NO)C(C[C@@H]1CCNC1=O)NC(=O)[C@H](CC1CC1)NC(=O)/C=C/c1ccc(Cl)cc1F. The number of hydrogen-bond acceptors (Lipinski definition) is 6. The minimum Gasteiger partial charge on any atom is -0.410 e. The van der Waals surface area contributed by atoms with Crippen molar-refractivity contribution >= 4 is 47.0 Å². The Balaban J connectivity index is 1.71. The maximum absolute atomic E-state index is 14.0. The molecule has 1 aliphatic heterocycles. The molecule has 1 saturated heterocycles. The van der Waals surface area contributed by atoms with Crippen molar-refractivity contribution < 1.29 is 28.8 Å². The smallest absolute Gasteiger partial charge is 0.268 e. The van der Waals surface area contributed by atoms with E-state index in [1.807, 2.05) is 0 Å². The predicted octanol–water partition coefficient (Wildman–Crippen LogP) is 1.10. The number of carbonyl (C=O) groups excluding carboxylic acids is 4. The van der Waals surface area contributed by atoms with Gasteiger partial charge in [-0.15, -0.1) is 0 Å². The molecule has 1 heterocycles. The quantitative estimate of drug-likeness (QED) is 0.131. The van der Waals surface area contributed by atoms with E-state index in [1.54, 1.807) is 0 Å². The normalized spacial score (nSPS) is 19.8. The zero-order valence-electron chi connectivity index (χ0n) is 18.8. The van der Waals surface area contributed by atoms with E-state index in [1.165, 1.54) is 18.2 Å². The van der Waals surface area contributed by atoms with Crippen LogP contribution < -0.4 is 21.7 Å². The fraction of sp³-hybridized carbons (Fsp3) is 0.435. The molecule has 3 rings (SSSR count). The number of nitrogens with one attached hydrogen (secondary N) is 3. The highest BCUT2D eigenvalue weighted by atomic mass is 35.5. The van der Waals surface area contributed by atoms with Gasteiger partial charge in [0.15, 0.2) is 5.71 Å². The largest absolute Gasteiger partial charge is 0.410 e. The molecule has 188 valence electrons. The number of nitrogens with zero attached hydrogens (tertiary/aromatic N) is 1. The van der Waals surface area contributed by atoms with Crippen LogP contribution in [-0.2, 0) is 19.2 Å². The first-order valence-electron chi connectivity index (χ1n) is 11.2. The van der Waals surface area contributed by atoms with Crippen LogP contribution in [0.1, 0.15) is 37.7 Å². The number of nitrogens with two attached hydrogens (primary N) is 1. The third-order valence-corrected chi connectivity index (χ3v) is 6.20. The molecule has 2 fully saturated rings. The minimum absolute atomic E-state index is 0.000250. The molecular formula is C23H27ClFN5O5. The number of halogens is 2. The van der Waals surface area contributed by atoms with E-state index in [2.05, 4.69) is 21.1 Å². The Morgan fingerprint density at radius 1 is 1.23 bits per heavy atom. The first-order valence-corrected chi connectivity index (χ1v) is 11.6.